The number of fused-ring (bicyclic) bond motifs is 5. The van der Waals surface area contributed by atoms with Crippen molar-refractivity contribution in [2.45, 2.75) is 97.1 Å². The third-order valence-corrected chi connectivity index (χ3v) is 10.1. The van der Waals surface area contributed by atoms with Gasteiger partial charge in [-0.3, -0.25) is 4.79 Å². The van der Waals surface area contributed by atoms with E-state index in [9.17, 15) is 14.7 Å². The molecule has 4 saturated carbocycles. The van der Waals surface area contributed by atoms with E-state index in [1.165, 1.54) is 12.8 Å². The van der Waals surface area contributed by atoms with E-state index in [0.717, 1.165) is 44.9 Å². The number of hydrogen-bond acceptors (Lipinski definition) is 4. The summed E-state index contributed by atoms with van der Waals surface area (Å²) in [6.45, 7) is 6.67. The maximum absolute atomic E-state index is 12.2. The van der Waals surface area contributed by atoms with Crippen molar-refractivity contribution >= 4 is 12.1 Å². The molecule has 0 saturated heterocycles. The molecule has 9 atom stereocenters. The van der Waals surface area contributed by atoms with Crippen molar-refractivity contribution in [3.63, 3.8) is 0 Å². The van der Waals surface area contributed by atoms with Gasteiger partial charge in [-0.05, 0) is 106 Å². The molecular weight excluding hydrogens is 394 g/mol. The van der Waals surface area contributed by atoms with Gasteiger partial charge in [-0.1, -0.05) is 13.8 Å². The van der Waals surface area contributed by atoms with Crippen molar-refractivity contribution < 1.29 is 24.5 Å². The average molecular weight is 436 g/mol. The number of aliphatic hydroxyl groups excluding tert-OH is 1. The summed E-state index contributed by atoms with van der Waals surface area (Å²) in [5, 5.41) is 21.6. The predicted molar refractivity (Wildman–Crippen MR) is 117 cm³/mol. The molecule has 0 spiro atoms. The van der Waals surface area contributed by atoms with Crippen molar-refractivity contribution in [3.05, 3.63) is 0 Å². The Balaban J connectivity index is 1.40. The van der Waals surface area contributed by atoms with Crippen LogP contribution in [0.5, 0.6) is 0 Å². The molecule has 0 bridgehead atoms. The van der Waals surface area contributed by atoms with Gasteiger partial charge in [0.25, 0.3) is 0 Å². The van der Waals surface area contributed by atoms with Gasteiger partial charge in [0.05, 0.1) is 5.92 Å². The van der Waals surface area contributed by atoms with Gasteiger partial charge in [-0.2, -0.15) is 0 Å². The van der Waals surface area contributed by atoms with Gasteiger partial charge in [0, 0.05) is 12.6 Å². The number of nitrogens with one attached hydrogen (secondary N) is 1. The first kappa shape index (κ1) is 22.9. The number of alkyl carbamates (subject to hydrolysis) is 1. The molecule has 0 radical (unpaired) electrons. The number of rotatable bonds is 5. The summed E-state index contributed by atoms with van der Waals surface area (Å²) < 4.78 is 5.77. The van der Waals surface area contributed by atoms with E-state index in [0.29, 0.717) is 30.1 Å². The molecule has 6 heteroatoms. The summed E-state index contributed by atoms with van der Waals surface area (Å²) in [5.41, 5.74) is 0.256. The lowest BCUT2D eigenvalue weighted by Crippen LogP contribution is -2.54. The maximum atomic E-state index is 12.2. The maximum Gasteiger partial charge on any atom is 0.407 e. The number of carbonyl (C=O) groups is 2. The van der Waals surface area contributed by atoms with Crippen molar-refractivity contribution in [3.8, 4) is 0 Å². The van der Waals surface area contributed by atoms with Gasteiger partial charge in [0.1, 0.15) is 6.10 Å². The van der Waals surface area contributed by atoms with Gasteiger partial charge in [-0.15, -0.1) is 0 Å². The van der Waals surface area contributed by atoms with Crippen molar-refractivity contribution in [1.82, 2.24) is 5.32 Å². The van der Waals surface area contributed by atoms with Crippen LogP contribution < -0.4 is 5.32 Å². The summed E-state index contributed by atoms with van der Waals surface area (Å²) in [5.74, 6) is 1.71. The number of aliphatic carboxylic acids is 1. The standard InChI is InChI=1S/C25H41NO5/c1-15(10-13-27)26-23(30)31-17-8-11-24(2)16(14-17)4-5-18-19-6-7-21(22(28)29)25(19,3)12-9-20(18)24/h15-21,27H,4-14H2,1-3H3,(H,26,30)(H,28,29)/t15?,16?,17?,18-,19-,20+,21?,24-,25-/m0/s1. The number of ether oxygens (including phenoxy) is 1. The largest absolute Gasteiger partial charge is 0.481 e. The molecule has 4 fully saturated rings. The molecule has 1 amide bonds. The Morgan fingerprint density at radius 1 is 1.03 bits per heavy atom. The fourth-order valence-electron chi connectivity index (χ4n) is 8.38. The fourth-order valence-corrected chi connectivity index (χ4v) is 8.38. The Morgan fingerprint density at radius 2 is 1.74 bits per heavy atom. The van der Waals surface area contributed by atoms with Gasteiger partial charge < -0.3 is 20.3 Å². The predicted octanol–water partition coefficient (Wildman–Crippen LogP) is 4.60. The van der Waals surface area contributed by atoms with Gasteiger partial charge >= 0.3 is 12.1 Å². The van der Waals surface area contributed by atoms with Crippen LogP contribution in [-0.2, 0) is 9.53 Å². The van der Waals surface area contributed by atoms with Crippen LogP contribution in [0.1, 0.15) is 85.0 Å². The van der Waals surface area contributed by atoms with Crippen molar-refractivity contribution in [2.24, 2.45) is 40.4 Å². The third kappa shape index (κ3) is 3.98. The van der Waals surface area contributed by atoms with E-state index in [-0.39, 0.29) is 41.6 Å². The smallest absolute Gasteiger partial charge is 0.407 e. The second-order valence-corrected chi connectivity index (χ2v) is 11.5. The van der Waals surface area contributed by atoms with Crippen LogP contribution in [0.4, 0.5) is 4.79 Å². The summed E-state index contributed by atoms with van der Waals surface area (Å²) in [4.78, 5) is 24.1. The number of aliphatic hydroxyl groups is 1. The van der Waals surface area contributed by atoms with Crippen molar-refractivity contribution in [1.29, 1.82) is 0 Å². The molecule has 4 rings (SSSR count). The SMILES string of the molecule is CC(CCO)NC(=O)OC1CC[C@@]2(C)C(CC[C@@H]3[C@H]2CC[C@]2(C)C(C(=O)O)CC[C@@H]32)C1. The van der Waals surface area contributed by atoms with Crippen LogP contribution in [0.15, 0.2) is 0 Å². The van der Waals surface area contributed by atoms with Gasteiger partial charge in [0.15, 0.2) is 0 Å². The topological polar surface area (TPSA) is 95.9 Å². The Morgan fingerprint density at radius 3 is 2.45 bits per heavy atom. The Bertz CT molecular complexity index is 697. The Labute approximate surface area is 186 Å². The highest BCUT2D eigenvalue weighted by atomic mass is 16.6. The molecular formula is C25H41NO5. The first-order valence-corrected chi connectivity index (χ1v) is 12.5. The van der Waals surface area contributed by atoms with Crippen molar-refractivity contribution in [2.75, 3.05) is 6.61 Å². The number of hydrogen-bond donors (Lipinski definition) is 3. The summed E-state index contributed by atoms with van der Waals surface area (Å²) in [6, 6.07) is -0.0839. The number of carboxylic acid groups (broad SMARTS) is 1. The van der Waals surface area contributed by atoms with Gasteiger partial charge in [-0.25, -0.2) is 4.79 Å². The summed E-state index contributed by atoms with van der Waals surface area (Å²) in [6.07, 6.45) is 9.60. The molecule has 176 valence electrons. The molecule has 4 aliphatic rings. The Hall–Kier alpha value is -1.30. The Kier molecular flexibility index (Phi) is 6.32. The lowest BCUT2D eigenvalue weighted by atomic mass is 9.44. The quantitative estimate of drug-likeness (QED) is 0.587. The molecule has 0 aromatic carbocycles. The van der Waals surface area contributed by atoms with Crippen LogP contribution in [0.25, 0.3) is 0 Å². The average Bonchev–Trinajstić information content (AvgIpc) is 3.06. The highest BCUT2D eigenvalue weighted by Gasteiger charge is 2.61. The highest BCUT2D eigenvalue weighted by molar-refractivity contribution is 5.71. The molecule has 0 aromatic rings. The highest BCUT2D eigenvalue weighted by Crippen LogP contribution is 2.67. The van der Waals surface area contributed by atoms with Crippen LogP contribution in [0.2, 0.25) is 0 Å². The van der Waals surface area contributed by atoms with Gasteiger partial charge in [0.2, 0.25) is 0 Å². The zero-order chi connectivity index (χ0) is 22.4. The third-order valence-electron chi connectivity index (χ3n) is 10.1. The lowest BCUT2D eigenvalue weighted by molar-refractivity contribution is -0.154. The molecule has 0 heterocycles. The summed E-state index contributed by atoms with van der Waals surface area (Å²) in [7, 11) is 0. The number of amides is 1. The molecule has 6 nitrogen and oxygen atoms in total. The normalized spacial score (nSPS) is 45.0. The van der Waals surface area contributed by atoms with Crippen LogP contribution in [-0.4, -0.2) is 41.0 Å². The van der Waals surface area contributed by atoms with E-state index in [2.05, 4.69) is 19.2 Å². The molecule has 3 N–H and O–H groups in total. The first-order chi connectivity index (χ1) is 14.7. The minimum Gasteiger partial charge on any atom is -0.481 e. The second kappa shape index (κ2) is 8.57. The van der Waals surface area contributed by atoms with E-state index >= 15 is 0 Å². The zero-order valence-corrected chi connectivity index (χ0v) is 19.4. The second-order valence-electron chi connectivity index (χ2n) is 11.5. The minimum atomic E-state index is -0.590. The molecule has 4 unspecified atom stereocenters. The summed E-state index contributed by atoms with van der Waals surface area (Å²) >= 11 is 0. The van der Waals surface area contributed by atoms with Crippen LogP contribution in [0, 0.1) is 40.4 Å². The minimum absolute atomic E-state index is 0.0207. The van der Waals surface area contributed by atoms with Crippen LogP contribution in [0.3, 0.4) is 0 Å². The van der Waals surface area contributed by atoms with E-state index in [1.807, 2.05) is 6.92 Å². The molecule has 0 aliphatic heterocycles. The molecule has 4 aliphatic carbocycles. The molecule has 31 heavy (non-hydrogen) atoms. The monoisotopic (exact) mass is 435 g/mol. The zero-order valence-electron chi connectivity index (χ0n) is 19.4. The fraction of sp³-hybridized carbons (Fsp3) is 0.920. The first-order valence-electron chi connectivity index (χ1n) is 12.5. The number of carboxylic acids is 1. The molecule has 0 aromatic heterocycles. The number of carbonyl (C=O) groups excluding carboxylic acids is 1. The van der Waals surface area contributed by atoms with E-state index in [1.54, 1.807) is 0 Å². The van der Waals surface area contributed by atoms with E-state index in [4.69, 9.17) is 9.84 Å². The lowest BCUT2D eigenvalue weighted by Gasteiger charge is -2.60. The van der Waals surface area contributed by atoms with E-state index < -0.39 is 5.97 Å². The van der Waals surface area contributed by atoms with Crippen LogP contribution >= 0.6 is 0 Å².